The van der Waals surface area contributed by atoms with E-state index < -0.39 is 0 Å². The summed E-state index contributed by atoms with van der Waals surface area (Å²) in [5.74, 6) is 0. The molecule has 66 valence electrons. The zero-order valence-electron chi connectivity index (χ0n) is 7.36. The molecule has 1 aromatic carbocycles. The lowest BCUT2D eigenvalue weighted by Crippen LogP contribution is -2.31. The summed E-state index contributed by atoms with van der Waals surface area (Å²) in [6.45, 7) is 0. The molecule has 2 heteroatoms. The van der Waals surface area contributed by atoms with Crippen LogP contribution in [0.3, 0.4) is 0 Å². The van der Waals surface area contributed by atoms with Gasteiger partial charge in [-0.2, -0.15) is 4.99 Å². The molecular weight excluding hydrogens is 162 g/mol. The lowest BCUT2D eigenvalue weighted by molar-refractivity contribution is 0.256. The smallest absolute Gasteiger partial charge is 0.211 e. The van der Waals surface area contributed by atoms with Gasteiger partial charge >= 0.3 is 0 Å². The topological polar surface area (TPSA) is 29.4 Å². The van der Waals surface area contributed by atoms with E-state index in [1.807, 2.05) is 30.3 Å². The van der Waals surface area contributed by atoms with E-state index >= 15 is 0 Å². The van der Waals surface area contributed by atoms with Crippen molar-refractivity contribution < 1.29 is 4.79 Å². The number of isocyanates is 1. The molecule has 0 aromatic heterocycles. The first kappa shape index (κ1) is 8.21. The van der Waals surface area contributed by atoms with Crippen LogP contribution in [0.4, 0.5) is 0 Å². The first-order chi connectivity index (χ1) is 6.37. The summed E-state index contributed by atoms with van der Waals surface area (Å²) < 4.78 is 0. The molecule has 0 radical (unpaired) electrons. The molecule has 1 fully saturated rings. The molecule has 1 saturated carbocycles. The second-order valence-corrected chi connectivity index (χ2v) is 3.45. The predicted molar refractivity (Wildman–Crippen MR) is 50.1 cm³/mol. The van der Waals surface area contributed by atoms with E-state index in [1.165, 1.54) is 0 Å². The maximum atomic E-state index is 10.3. The van der Waals surface area contributed by atoms with E-state index in [4.69, 9.17) is 0 Å². The van der Waals surface area contributed by atoms with Gasteiger partial charge < -0.3 is 0 Å². The minimum atomic E-state index is -0.233. The monoisotopic (exact) mass is 173 g/mol. The van der Waals surface area contributed by atoms with Crippen LogP contribution >= 0.6 is 0 Å². The molecule has 1 aliphatic carbocycles. The minimum Gasteiger partial charge on any atom is -0.211 e. The van der Waals surface area contributed by atoms with Crippen LogP contribution in [0.15, 0.2) is 35.3 Å². The van der Waals surface area contributed by atoms with E-state index in [0.29, 0.717) is 0 Å². The molecule has 2 rings (SSSR count). The Morgan fingerprint density at radius 3 is 2.38 bits per heavy atom. The quantitative estimate of drug-likeness (QED) is 0.498. The fourth-order valence-corrected chi connectivity index (χ4v) is 1.81. The van der Waals surface area contributed by atoms with Crippen molar-refractivity contribution in [1.29, 1.82) is 0 Å². The van der Waals surface area contributed by atoms with Gasteiger partial charge in [0.1, 0.15) is 0 Å². The molecule has 1 aromatic rings. The van der Waals surface area contributed by atoms with Crippen molar-refractivity contribution in [2.45, 2.75) is 24.8 Å². The Kier molecular flexibility index (Phi) is 1.99. The Hall–Kier alpha value is -1.40. The van der Waals surface area contributed by atoms with Gasteiger partial charge in [0.05, 0.1) is 5.54 Å². The summed E-state index contributed by atoms with van der Waals surface area (Å²) in [7, 11) is 0. The Morgan fingerprint density at radius 2 is 1.92 bits per heavy atom. The van der Waals surface area contributed by atoms with Crippen LogP contribution in [0, 0.1) is 0 Å². The van der Waals surface area contributed by atoms with Gasteiger partial charge in [-0.1, -0.05) is 30.3 Å². The van der Waals surface area contributed by atoms with Crippen molar-refractivity contribution in [3.8, 4) is 0 Å². The standard InChI is InChI=1S/C11H11NO/c13-9-12-11(7-4-8-11)10-5-2-1-3-6-10/h1-3,5-6H,4,7-8H2. The molecule has 0 atom stereocenters. The third kappa shape index (κ3) is 1.30. The van der Waals surface area contributed by atoms with Crippen LogP contribution in [-0.2, 0) is 10.3 Å². The average molecular weight is 173 g/mol. The highest BCUT2D eigenvalue weighted by molar-refractivity contribution is 5.39. The SMILES string of the molecule is O=C=NC1(c2ccccc2)CCC1. The highest BCUT2D eigenvalue weighted by atomic mass is 16.1. The number of hydrogen-bond donors (Lipinski definition) is 0. The summed E-state index contributed by atoms with van der Waals surface area (Å²) in [4.78, 5) is 14.2. The molecule has 0 amide bonds. The number of benzene rings is 1. The Balaban J connectivity index is 2.37. The number of hydrogen-bond acceptors (Lipinski definition) is 2. The Labute approximate surface area is 77.3 Å². The molecule has 2 nitrogen and oxygen atoms in total. The van der Waals surface area contributed by atoms with E-state index in [-0.39, 0.29) is 5.54 Å². The third-order valence-corrected chi connectivity index (χ3v) is 2.75. The number of aliphatic imine (C=N–C) groups is 1. The molecule has 13 heavy (non-hydrogen) atoms. The van der Waals surface area contributed by atoms with Gasteiger partial charge in [-0.15, -0.1) is 0 Å². The molecular formula is C11H11NO. The van der Waals surface area contributed by atoms with Gasteiger partial charge in [-0.05, 0) is 24.8 Å². The number of nitrogens with zero attached hydrogens (tertiary/aromatic N) is 1. The van der Waals surface area contributed by atoms with Crippen LogP contribution in [0.2, 0.25) is 0 Å². The molecule has 0 unspecified atom stereocenters. The fourth-order valence-electron chi connectivity index (χ4n) is 1.81. The predicted octanol–water partition coefficient (Wildman–Crippen LogP) is 2.40. The van der Waals surface area contributed by atoms with Crippen molar-refractivity contribution in [2.24, 2.45) is 4.99 Å². The van der Waals surface area contributed by atoms with E-state index in [1.54, 1.807) is 6.08 Å². The van der Waals surface area contributed by atoms with Crippen molar-refractivity contribution in [3.05, 3.63) is 35.9 Å². The highest BCUT2D eigenvalue weighted by Crippen LogP contribution is 2.44. The minimum absolute atomic E-state index is 0.233. The number of carbonyl (C=O) groups excluding carboxylic acids is 1. The second kappa shape index (κ2) is 3.15. The highest BCUT2D eigenvalue weighted by Gasteiger charge is 2.38. The normalized spacial score (nSPS) is 18.5. The van der Waals surface area contributed by atoms with E-state index in [9.17, 15) is 4.79 Å². The van der Waals surface area contributed by atoms with Crippen LogP contribution in [0.1, 0.15) is 24.8 Å². The zero-order chi connectivity index (χ0) is 9.15. The first-order valence-electron chi connectivity index (χ1n) is 4.52. The summed E-state index contributed by atoms with van der Waals surface area (Å²) in [6.07, 6.45) is 4.79. The van der Waals surface area contributed by atoms with Crippen molar-refractivity contribution in [1.82, 2.24) is 0 Å². The van der Waals surface area contributed by atoms with E-state index in [0.717, 1.165) is 24.8 Å². The molecule has 0 aliphatic heterocycles. The average Bonchev–Trinajstić information content (AvgIpc) is 2.13. The van der Waals surface area contributed by atoms with E-state index in [2.05, 4.69) is 4.99 Å². The van der Waals surface area contributed by atoms with Crippen molar-refractivity contribution >= 4 is 6.08 Å². The largest absolute Gasteiger partial charge is 0.235 e. The van der Waals surface area contributed by atoms with Crippen molar-refractivity contribution in [3.63, 3.8) is 0 Å². The molecule has 0 N–H and O–H groups in total. The summed E-state index contributed by atoms with van der Waals surface area (Å²) >= 11 is 0. The third-order valence-electron chi connectivity index (χ3n) is 2.75. The fraction of sp³-hybridized carbons (Fsp3) is 0.364. The van der Waals surface area contributed by atoms with Crippen molar-refractivity contribution in [2.75, 3.05) is 0 Å². The molecule has 0 bridgehead atoms. The molecule has 1 aliphatic rings. The van der Waals surface area contributed by atoms with Crippen LogP contribution < -0.4 is 0 Å². The Bertz CT molecular complexity index is 334. The molecule has 0 spiro atoms. The lowest BCUT2D eigenvalue weighted by Gasteiger charge is -2.37. The van der Waals surface area contributed by atoms with Crippen LogP contribution in [0.5, 0.6) is 0 Å². The lowest BCUT2D eigenvalue weighted by atomic mass is 9.72. The van der Waals surface area contributed by atoms with Crippen LogP contribution in [0.25, 0.3) is 0 Å². The van der Waals surface area contributed by atoms with Gasteiger partial charge in [-0.25, -0.2) is 4.79 Å². The number of rotatable bonds is 2. The van der Waals surface area contributed by atoms with Gasteiger partial charge in [0.2, 0.25) is 6.08 Å². The summed E-state index contributed by atoms with van der Waals surface area (Å²) in [6, 6.07) is 9.99. The summed E-state index contributed by atoms with van der Waals surface area (Å²) in [5, 5.41) is 0. The Morgan fingerprint density at radius 1 is 1.23 bits per heavy atom. The summed E-state index contributed by atoms with van der Waals surface area (Å²) in [5.41, 5.74) is 0.910. The maximum Gasteiger partial charge on any atom is 0.235 e. The molecule has 0 saturated heterocycles. The van der Waals surface area contributed by atoms with Crippen LogP contribution in [-0.4, -0.2) is 6.08 Å². The van der Waals surface area contributed by atoms with Gasteiger partial charge in [0.25, 0.3) is 0 Å². The zero-order valence-corrected chi connectivity index (χ0v) is 7.36. The maximum absolute atomic E-state index is 10.3. The van der Waals surface area contributed by atoms with Gasteiger partial charge in [0.15, 0.2) is 0 Å². The first-order valence-corrected chi connectivity index (χ1v) is 4.52. The van der Waals surface area contributed by atoms with Gasteiger partial charge in [0, 0.05) is 0 Å². The van der Waals surface area contributed by atoms with Gasteiger partial charge in [-0.3, -0.25) is 0 Å². The molecule has 0 heterocycles. The second-order valence-electron chi connectivity index (χ2n) is 3.45.